The van der Waals surface area contributed by atoms with E-state index >= 15 is 0 Å². The Kier molecular flexibility index (Phi) is 5.28. The summed E-state index contributed by atoms with van der Waals surface area (Å²) in [7, 11) is 0. The van der Waals surface area contributed by atoms with Gasteiger partial charge in [0.15, 0.2) is 0 Å². The van der Waals surface area contributed by atoms with Gasteiger partial charge in [0.05, 0.1) is 10.7 Å². The Hall–Kier alpha value is -0.0600. The molecule has 0 aliphatic rings. The van der Waals surface area contributed by atoms with Gasteiger partial charge < -0.3 is 5.73 Å². The molecule has 1 aromatic heterocycles. The lowest BCUT2D eigenvalue weighted by atomic mass is 9.93. The molecule has 0 aromatic carbocycles. The molecular formula is C12H22N2S2. The highest BCUT2D eigenvalue weighted by molar-refractivity contribution is 7.98. The first-order chi connectivity index (χ1) is 7.43. The highest BCUT2D eigenvalue weighted by Crippen LogP contribution is 2.24. The molecule has 0 saturated carbocycles. The Labute approximate surface area is 107 Å². The SMILES string of the molecule is CSCCC(N)Cc1nc(C(C)(C)C)cs1. The smallest absolute Gasteiger partial charge is 0.0943 e. The van der Waals surface area contributed by atoms with Crippen molar-refractivity contribution < 1.29 is 0 Å². The van der Waals surface area contributed by atoms with Crippen LogP contribution in [0.1, 0.15) is 37.9 Å². The molecule has 2 nitrogen and oxygen atoms in total. The maximum Gasteiger partial charge on any atom is 0.0943 e. The van der Waals surface area contributed by atoms with Crippen LogP contribution in [-0.4, -0.2) is 23.0 Å². The van der Waals surface area contributed by atoms with Crippen molar-refractivity contribution in [2.24, 2.45) is 5.73 Å². The molecular weight excluding hydrogens is 236 g/mol. The molecule has 0 aliphatic heterocycles. The van der Waals surface area contributed by atoms with Crippen molar-refractivity contribution in [1.29, 1.82) is 0 Å². The highest BCUT2D eigenvalue weighted by atomic mass is 32.2. The van der Waals surface area contributed by atoms with E-state index in [0.717, 1.165) is 18.6 Å². The molecule has 16 heavy (non-hydrogen) atoms. The van der Waals surface area contributed by atoms with E-state index in [1.165, 1.54) is 10.7 Å². The van der Waals surface area contributed by atoms with E-state index in [4.69, 9.17) is 5.73 Å². The number of hydrogen-bond donors (Lipinski definition) is 1. The summed E-state index contributed by atoms with van der Waals surface area (Å²) < 4.78 is 0. The van der Waals surface area contributed by atoms with E-state index in [9.17, 15) is 0 Å². The van der Waals surface area contributed by atoms with Gasteiger partial charge in [-0.2, -0.15) is 11.8 Å². The molecule has 4 heteroatoms. The van der Waals surface area contributed by atoms with Crippen LogP contribution in [0.4, 0.5) is 0 Å². The van der Waals surface area contributed by atoms with Crippen molar-refractivity contribution in [2.45, 2.75) is 45.1 Å². The Morgan fingerprint density at radius 3 is 2.69 bits per heavy atom. The molecule has 0 fully saturated rings. The van der Waals surface area contributed by atoms with E-state index < -0.39 is 0 Å². The Bertz CT molecular complexity index is 315. The molecule has 0 aliphatic carbocycles. The van der Waals surface area contributed by atoms with Gasteiger partial charge >= 0.3 is 0 Å². The summed E-state index contributed by atoms with van der Waals surface area (Å²) in [5, 5.41) is 3.34. The molecule has 2 N–H and O–H groups in total. The van der Waals surface area contributed by atoms with Gasteiger partial charge in [0.2, 0.25) is 0 Å². The standard InChI is InChI=1S/C12H22N2S2/c1-12(2,3)10-8-16-11(14-10)7-9(13)5-6-15-4/h8-9H,5-7,13H2,1-4H3. The zero-order chi connectivity index (χ0) is 12.2. The molecule has 0 saturated heterocycles. The normalized spacial score (nSPS) is 14.1. The third-order valence-electron chi connectivity index (χ3n) is 2.45. The van der Waals surface area contributed by atoms with Crippen molar-refractivity contribution in [1.82, 2.24) is 4.98 Å². The molecule has 1 atom stereocenters. The van der Waals surface area contributed by atoms with Crippen molar-refractivity contribution in [3.8, 4) is 0 Å². The summed E-state index contributed by atoms with van der Waals surface area (Å²) in [5.41, 5.74) is 7.40. The van der Waals surface area contributed by atoms with Crippen molar-refractivity contribution in [2.75, 3.05) is 12.0 Å². The number of rotatable bonds is 5. The monoisotopic (exact) mass is 258 g/mol. The number of nitrogens with zero attached hydrogens (tertiary/aromatic N) is 1. The topological polar surface area (TPSA) is 38.9 Å². The summed E-state index contributed by atoms with van der Waals surface area (Å²) in [4.78, 5) is 4.66. The maximum atomic E-state index is 6.06. The van der Waals surface area contributed by atoms with Crippen molar-refractivity contribution in [3.05, 3.63) is 16.1 Å². The van der Waals surface area contributed by atoms with Crippen LogP contribution in [0.15, 0.2) is 5.38 Å². The van der Waals surface area contributed by atoms with E-state index in [0.29, 0.717) is 0 Å². The first kappa shape index (κ1) is 14.0. The summed E-state index contributed by atoms with van der Waals surface area (Å²) in [6, 6.07) is 0.256. The van der Waals surface area contributed by atoms with Crippen LogP contribution in [0.3, 0.4) is 0 Å². The molecule has 1 rings (SSSR count). The van der Waals surface area contributed by atoms with Crippen LogP contribution in [0, 0.1) is 0 Å². The minimum atomic E-state index is 0.151. The first-order valence-electron chi connectivity index (χ1n) is 5.63. The molecule has 1 unspecified atom stereocenters. The van der Waals surface area contributed by atoms with Gasteiger partial charge in [-0.3, -0.25) is 0 Å². The van der Waals surface area contributed by atoms with Crippen molar-refractivity contribution >= 4 is 23.1 Å². The second kappa shape index (κ2) is 6.03. The second-order valence-corrected chi connectivity index (χ2v) is 7.05. The average molecular weight is 258 g/mol. The molecule has 0 bridgehead atoms. The summed E-state index contributed by atoms with van der Waals surface area (Å²) in [6.45, 7) is 6.58. The molecule has 92 valence electrons. The van der Waals surface area contributed by atoms with Gasteiger partial charge in [-0.25, -0.2) is 4.98 Å². The lowest BCUT2D eigenvalue weighted by Crippen LogP contribution is -2.23. The second-order valence-electron chi connectivity index (χ2n) is 5.12. The predicted octanol–water partition coefficient (Wildman–Crippen LogP) is 3.06. The van der Waals surface area contributed by atoms with Crippen LogP contribution in [0.25, 0.3) is 0 Å². The van der Waals surface area contributed by atoms with Gasteiger partial charge in [0, 0.05) is 23.3 Å². The third kappa shape index (κ3) is 4.44. The predicted molar refractivity (Wildman–Crippen MR) is 75.5 cm³/mol. The first-order valence-corrected chi connectivity index (χ1v) is 7.90. The highest BCUT2D eigenvalue weighted by Gasteiger charge is 2.18. The molecule has 1 aromatic rings. The third-order valence-corrected chi connectivity index (χ3v) is 3.96. The molecule has 0 amide bonds. The van der Waals surface area contributed by atoms with E-state index in [2.05, 4.69) is 37.4 Å². The van der Waals surface area contributed by atoms with Gasteiger partial charge in [-0.1, -0.05) is 20.8 Å². The van der Waals surface area contributed by atoms with E-state index in [1.54, 1.807) is 11.3 Å². The zero-order valence-electron chi connectivity index (χ0n) is 10.6. The fraction of sp³-hybridized carbons (Fsp3) is 0.750. The van der Waals surface area contributed by atoms with Gasteiger partial charge in [0.25, 0.3) is 0 Å². The summed E-state index contributed by atoms with van der Waals surface area (Å²) in [5.74, 6) is 1.14. The van der Waals surface area contributed by atoms with Gasteiger partial charge in [-0.15, -0.1) is 11.3 Å². The number of thioether (sulfide) groups is 1. The molecule has 1 heterocycles. The number of aromatic nitrogens is 1. The van der Waals surface area contributed by atoms with Gasteiger partial charge in [0.1, 0.15) is 0 Å². The van der Waals surface area contributed by atoms with Crippen LogP contribution >= 0.6 is 23.1 Å². The lowest BCUT2D eigenvalue weighted by Gasteiger charge is -2.14. The number of hydrogen-bond acceptors (Lipinski definition) is 4. The Morgan fingerprint density at radius 2 is 2.19 bits per heavy atom. The van der Waals surface area contributed by atoms with Crippen LogP contribution in [-0.2, 0) is 11.8 Å². The minimum absolute atomic E-state index is 0.151. The fourth-order valence-corrected chi connectivity index (χ4v) is 3.00. The van der Waals surface area contributed by atoms with E-state index in [-0.39, 0.29) is 11.5 Å². The quantitative estimate of drug-likeness (QED) is 0.882. The summed E-state index contributed by atoms with van der Waals surface area (Å²) >= 11 is 3.59. The van der Waals surface area contributed by atoms with Gasteiger partial charge in [-0.05, 0) is 18.4 Å². The van der Waals surface area contributed by atoms with Crippen LogP contribution in [0.2, 0.25) is 0 Å². The average Bonchev–Trinajstić information content (AvgIpc) is 2.62. The zero-order valence-corrected chi connectivity index (χ0v) is 12.3. The van der Waals surface area contributed by atoms with E-state index in [1.807, 2.05) is 11.8 Å². The Balaban J connectivity index is 2.52. The van der Waals surface area contributed by atoms with Crippen molar-refractivity contribution in [3.63, 3.8) is 0 Å². The van der Waals surface area contributed by atoms with Crippen LogP contribution < -0.4 is 5.73 Å². The minimum Gasteiger partial charge on any atom is -0.327 e. The summed E-state index contributed by atoms with van der Waals surface area (Å²) in [6.07, 6.45) is 4.11. The maximum absolute atomic E-state index is 6.06. The lowest BCUT2D eigenvalue weighted by molar-refractivity contribution is 0.567. The number of nitrogens with two attached hydrogens (primary N) is 1. The fourth-order valence-electron chi connectivity index (χ4n) is 1.34. The number of thiazole rings is 1. The van der Waals surface area contributed by atoms with Crippen LogP contribution in [0.5, 0.6) is 0 Å². The molecule has 0 radical (unpaired) electrons. The Morgan fingerprint density at radius 1 is 1.50 bits per heavy atom. The molecule has 0 spiro atoms. The largest absolute Gasteiger partial charge is 0.327 e.